The Hall–Kier alpha value is -2.29. The van der Waals surface area contributed by atoms with Crippen LogP contribution in [0.5, 0.6) is 0 Å². The lowest BCUT2D eigenvalue weighted by molar-refractivity contribution is -0.202. The number of carbonyl (C=O) groups is 3. The second-order valence-electron chi connectivity index (χ2n) is 6.50. The number of amides is 4. The largest absolute Gasteiger partial charge is 0.440 e. The first kappa shape index (κ1) is 19.0. The molecule has 0 radical (unpaired) electrons. The Bertz CT molecular complexity index is 728. The fourth-order valence-corrected chi connectivity index (χ4v) is 2.19. The molecule has 6 nitrogen and oxygen atoms in total. The van der Waals surface area contributed by atoms with Crippen molar-refractivity contribution in [2.24, 2.45) is 5.41 Å². The Morgan fingerprint density at radius 3 is 2.12 bits per heavy atom. The number of rotatable bonds is 2. The van der Waals surface area contributed by atoms with Crippen molar-refractivity contribution in [1.29, 1.82) is 0 Å². The molecule has 25 heavy (non-hydrogen) atoms. The molecule has 0 unspecified atom stereocenters. The predicted octanol–water partition coefficient (Wildman–Crippen LogP) is 2.82. The van der Waals surface area contributed by atoms with Crippen LogP contribution in [-0.2, 0) is 9.59 Å². The molecule has 2 rings (SSSR count). The van der Waals surface area contributed by atoms with Gasteiger partial charge in [-0.25, -0.2) is 9.69 Å². The van der Waals surface area contributed by atoms with Gasteiger partial charge in [0.1, 0.15) is 0 Å². The highest BCUT2D eigenvalue weighted by atomic mass is 35.5. The summed E-state index contributed by atoms with van der Waals surface area (Å²) in [5, 5.41) is 3.50. The van der Waals surface area contributed by atoms with Crippen molar-refractivity contribution < 1.29 is 27.6 Å². The van der Waals surface area contributed by atoms with Crippen LogP contribution >= 0.6 is 11.6 Å². The number of nitrogens with one attached hydrogen (secondary N) is 2. The van der Waals surface area contributed by atoms with E-state index in [0.717, 1.165) is 0 Å². The number of imide groups is 1. The standard InChI is InChI=1S/C15H15ClF3N3O3/c1-13(2,3)10(23)20-14(15(17,18)19)11(24)22(12(25)21-14)9-6-4-8(16)5-7-9/h4-7H,1-3H3,(H,20,23)(H,21,25)/t14-/m1/s1. The minimum Gasteiger partial charge on any atom is -0.317 e. The zero-order chi connectivity index (χ0) is 19.2. The van der Waals surface area contributed by atoms with Crippen molar-refractivity contribution in [3.05, 3.63) is 29.3 Å². The maximum Gasteiger partial charge on any atom is 0.440 e. The highest BCUT2D eigenvalue weighted by molar-refractivity contribution is 6.31. The lowest BCUT2D eigenvalue weighted by Crippen LogP contribution is -2.70. The third kappa shape index (κ3) is 3.28. The Balaban J connectivity index is 2.49. The van der Waals surface area contributed by atoms with Gasteiger partial charge in [-0.3, -0.25) is 14.9 Å². The molecule has 1 atom stereocenters. The lowest BCUT2D eigenvalue weighted by atomic mass is 9.94. The normalized spacial score (nSPS) is 21.3. The van der Waals surface area contributed by atoms with E-state index in [4.69, 9.17) is 11.6 Å². The molecule has 0 aliphatic carbocycles. The van der Waals surface area contributed by atoms with Gasteiger partial charge in [0.25, 0.3) is 11.6 Å². The molecule has 4 amide bonds. The van der Waals surface area contributed by atoms with Crippen molar-refractivity contribution in [3.8, 4) is 0 Å². The van der Waals surface area contributed by atoms with Crippen LogP contribution in [-0.4, -0.2) is 29.7 Å². The van der Waals surface area contributed by atoms with E-state index in [0.29, 0.717) is 4.90 Å². The summed E-state index contributed by atoms with van der Waals surface area (Å²) < 4.78 is 40.9. The highest BCUT2D eigenvalue weighted by Gasteiger charge is 2.69. The van der Waals surface area contributed by atoms with Crippen LogP contribution in [0, 0.1) is 5.41 Å². The summed E-state index contributed by atoms with van der Waals surface area (Å²) in [7, 11) is 0. The smallest absolute Gasteiger partial charge is 0.317 e. The highest BCUT2D eigenvalue weighted by Crippen LogP contribution is 2.36. The zero-order valence-electron chi connectivity index (χ0n) is 13.5. The quantitative estimate of drug-likeness (QED) is 0.778. The molecular weight excluding hydrogens is 363 g/mol. The number of benzene rings is 1. The van der Waals surface area contributed by atoms with Crippen LogP contribution in [0.25, 0.3) is 0 Å². The van der Waals surface area contributed by atoms with E-state index in [1.54, 1.807) is 10.6 Å². The van der Waals surface area contributed by atoms with Crippen LogP contribution < -0.4 is 15.5 Å². The molecule has 0 aromatic heterocycles. The average molecular weight is 378 g/mol. The molecule has 0 bridgehead atoms. The van der Waals surface area contributed by atoms with E-state index in [1.165, 1.54) is 45.0 Å². The van der Waals surface area contributed by atoms with Crippen LogP contribution in [0.3, 0.4) is 0 Å². The summed E-state index contributed by atoms with van der Waals surface area (Å²) >= 11 is 5.70. The molecule has 2 N–H and O–H groups in total. The second-order valence-corrected chi connectivity index (χ2v) is 6.94. The van der Waals surface area contributed by atoms with Crippen LogP contribution in [0.1, 0.15) is 20.8 Å². The maximum atomic E-state index is 13.6. The van der Waals surface area contributed by atoms with E-state index in [-0.39, 0.29) is 10.7 Å². The predicted molar refractivity (Wildman–Crippen MR) is 83.9 cm³/mol. The van der Waals surface area contributed by atoms with Crippen molar-refractivity contribution >= 4 is 35.1 Å². The summed E-state index contributed by atoms with van der Waals surface area (Å²) in [6.45, 7) is 4.14. The van der Waals surface area contributed by atoms with E-state index >= 15 is 0 Å². The van der Waals surface area contributed by atoms with Crippen LogP contribution in [0.15, 0.2) is 24.3 Å². The monoisotopic (exact) mass is 377 g/mol. The number of hydrogen-bond donors (Lipinski definition) is 2. The molecule has 0 spiro atoms. The third-order valence-electron chi connectivity index (χ3n) is 3.51. The summed E-state index contributed by atoms with van der Waals surface area (Å²) in [5.41, 5.74) is -4.85. The molecule has 136 valence electrons. The minimum absolute atomic E-state index is 0.108. The van der Waals surface area contributed by atoms with Crippen LogP contribution in [0.2, 0.25) is 5.02 Å². The maximum absolute atomic E-state index is 13.6. The first-order valence-electron chi connectivity index (χ1n) is 7.11. The lowest BCUT2D eigenvalue weighted by Gasteiger charge is -2.32. The fourth-order valence-electron chi connectivity index (χ4n) is 2.06. The molecular formula is C15H15ClF3N3O3. The van der Waals surface area contributed by atoms with E-state index in [2.05, 4.69) is 0 Å². The van der Waals surface area contributed by atoms with Crippen molar-refractivity contribution in [2.45, 2.75) is 32.6 Å². The molecule has 1 aliphatic rings. The van der Waals surface area contributed by atoms with Gasteiger partial charge >= 0.3 is 12.2 Å². The first-order valence-corrected chi connectivity index (χ1v) is 7.49. The number of halogens is 4. The number of carbonyl (C=O) groups excluding carboxylic acids is 3. The zero-order valence-corrected chi connectivity index (χ0v) is 14.2. The van der Waals surface area contributed by atoms with E-state index in [9.17, 15) is 27.6 Å². The first-order chi connectivity index (χ1) is 11.3. The van der Waals surface area contributed by atoms with Gasteiger partial charge in [-0.15, -0.1) is 0 Å². The van der Waals surface area contributed by atoms with Gasteiger partial charge in [0.05, 0.1) is 5.69 Å². The number of alkyl halides is 3. The molecule has 0 saturated carbocycles. The Morgan fingerprint density at radius 1 is 1.16 bits per heavy atom. The second kappa shape index (κ2) is 5.91. The fraction of sp³-hybridized carbons (Fsp3) is 0.400. The minimum atomic E-state index is -5.25. The van der Waals surface area contributed by atoms with Crippen molar-refractivity contribution in [3.63, 3.8) is 0 Å². The van der Waals surface area contributed by atoms with Gasteiger partial charge in [-0.2, -0.15) is 13.2 Å². The van der Waals surface area contributed by atoms with E-state index in [1.807, 2.05) is 0 Å². The van der Waals surface area contributed by atoms with Gasteiger partial charge in [-0.1, -0.05) is 32.4 Å². The van der Waals surface area contributed by atoms with Crippen LogP contribution in [0.4, 0.5) is 23.7 Å². The number of urea groups is 1. The van der Waals surface area contributed by atoms with Gasteiger partial charge < -0.3 is 5.32 Å². The molecule has 1 aromatic carbocycles. The summed E-state index contributed by atoms with van der Waals surface area (Å²) in [6, 6.07) is 3.77. The molecule has 1 heterocycles. The molecule has 1 fully saturated rings. The van der Waals surface area contributed by atoms with Gasteiger partial charge in [0.15, 0.2) is 0 Å². The molecule has 1 saturated heterocycles. The van der Waals surface area contributed by atoms with E-state index < -0.39 is 35.1 Å². The van der Waals surface area contributed by atoms with Crippen molar-refractivity contribution in [2.75, 3.05) is 4.90 Å². The Labute approximate surface area is 146 Å². The SMILES string of the molecule is CC(C)(C)C(=O)N[C@@]1(C(F)(F)F)NC(=O)N(c2ccc(Cl)cc2)C1=O. The molecule has 10 heteroatoms. The Morgan fingerprint density at radius 2 is 1.68 bits per heavy atom. The van der Waals surface area contributed by atoms with Crippen molar-refractivity contribution in [1.82, 2.24) is 10.6 Å². The van der Waals surface area contributed by atoms with Gasteiger partial charge in [0, 0.05) is 10.4 Å². The number of nitrogens with zero attached hydrogens (tertiary/aromatic N) is 1. The number of anilines is 1. The van der Waals surface area contributed by atoms with Gasteiger partial charge in [0.2, 0.25) is 5.91 Å². The third-order valence-corrected chi connectivity index (χ3v) is 3.77. The summed E-state index contributed by atoms with van der Waals surface area (Å²) in [6.07, 6.45) is -5.25. The Kier molecular flexibility index (Phi) is 4.50. The number of hydrogen-bond acceptors (Lipinski definition) is 3. The summed E-state index contributed by atoms with van der Waals surface area (Å²) in [4.78, 5) is 37.0. The topological polar surface area (TPSA) is 78.5 Å². The molecule has 1 aromatic rings. The average Bonchev–Trinajstić information content (AvgIpc) is 2.71. The summed E-state index contributed by atoms with van der Waals surface area (Å²) in [5.74, 6) is -2.69. The molecule has 1 aliphatic heterocycles. The van der Waals surface area contributed by atoms with Gasteiger partial charge in [-0.05, 0) is 24.3 Å².